The van der Waals surface area contributed by atoms with Crippen molar-refractivity contribution in [1.29, 1.82) is 0 Å². The molecule has 0 bridgehead atoms. The quantitative estimate of drug-likeness (QED) is 0.573. The lowest BCUT2D eigenvalue weighted by Crippen LogP contribution is -2.27. The van der Waals surface area contributed by atoms with Gasteiger partial charge < -0.3 is 10.6 Å². The summed E-state index contributed by atoms with van der Waals surface area (Å²) < 4.78 is 2.43. The van der Waals surface area contributed by atoms with Crippen LogP contribution < -0.4 is 10.6 Å². The molecule has 3 aromatic rings. The van der Waals surface area contributed by atoms with E-state index in [0.717, 1.165) is 15.7 Å². The van der Waals surface area contributed by atoms with E-state index in [0.29, 0.717) is 16.3 Å². The molecule has 2 N–H and O–H groups in total. The summed E-state index contributed by atoms with van der Waals surface area (Å²) in [5.41, 5.74) is 2.79. The summed E-state index contributed by atoms with van der Waals surface area (Å²) in [5.74, 6) is -0.474. The molecule has 0 unspecified atom stereocenters. The van der Waals surface area contributed by atoms with Gasteiger partial charge in [0.15, 0.2) is 0 Å². The summed E-state index contributed by atoms with van der Waals surface area (Å²) in [6.07, 6.45) is 3.22. The second-order valence-corrected chi connectivity index (χ2v) is 7.46. The summed E-state index contributed by atoms with van der Waals surface area (Å²) in [7, 11) is 0. The molecule has 144 valence electrons. The molecular formula is C20H18BrClN4O2. The standard InChI is InChI=1S/C20H18BrClN4O2/c1-13-6-7-15(21)10-17(13)25-19(27)8-9-23-20(28)14-11-24-26(12-14)18-5-3-2-4-16(18)22/h2-7,10-12H,8-9H2,1H3,(H,23,28)(H,25,27). The predicted octanol–water partition coefficient (Wildman–Crippen LogP) is 4.36. The predicted molar refractivity (Wildman–Crippen MR) is 113 cm³/mol. The zero-order valence-corrected chi connectivity index (χ0v) is 17.4. The molecule has 6 nitrogen and oxygen atoms in total. The number of aromatic nitrogens is 2. The summed E-state index contributed by atoms with van der Waals surface area (Å²) >= 11 is 9.53. The minimum Gasteiger partial charge on any atom is -0.351 e. The topological polar surface area (TPSA) is 76.0 Å². The first kappa shape index (κ1) is 20.1. The number of benzene rings is 2. The minimum absolute atomic E-state index is 0.163. The molecule has 0 fully saturated rings. The third-order valence-corrected chi connectivity index (χ3v) is 4.87. The number of rotatable bonds is 6. The van der Waals surface area contributed by atoms with Crippen molar-refractivity contribution >= 4 is 45.0 Å². The van der Waals surface area contributed by atoms with Gasteiger partial charge in [-0.25, -0.2) is 4.68 Å². The van der Waals surface area contributed by atoms with Gasteiger partial charge in [-0.05, 0) is 36.8 Å². The summed E-state index contributed by atoms with van der Waals surface area (Å²) in [6, 6.07) is 12.9. The van der Waals surface area contributed by atoms with Gasteiger partial charge in [-0.15, -0.1) is 0 Å². The van der Waals surface area contributed by atoms with Crippen molar-refractivity contribution in [3.63, 3.8) is 0 Å². The number of aryl methyl sites for hydroxylation is 1. The average molecular weight is 462 g/mol. The van der Waals surface area contributed by atoms with Gasteiger partial charge >= 0.3 is 0 Å². The van der Waals surface area contributed by atoms with E-state index < -0.39 is 0 Å². The highest BCUT2D eigenvalue weighted by molar-refractivity contribution is 9.10. The van der Waals surface area contributed by atoms with Gasteiger partial charge in [0.1, 0.15) is 0 Å². The highest BCUT2D eigenvalue weighted by atomic mass is 79.9. The van der Waals surface area contributed by atoms with Gasteiger partial charge in [0.2, 0.25) is 5.91 Å². The number of carbonyl (C=O) groups is 2. The van der Waals surface area contributed by atoms with E-state index in [1.54, 1.807) is 16.9 Å². The van der Waals surface area contributed by atoms with Crippen molar-refractivity contribution in [2.24, 2.45) is 0 Å². The van der Waals surface area contributed by atoms with Crippen molar-refractivity contribution < 1.29 is 9.59 Å². The van der Waals surface area contributed by atoms with Crippen molar-refractivity contribution in [2.75, 3.05) is 11.9 Å². The molecule has 2 aromatic carbocycles. The van der Waals surface area contributed by atoms with Crippen LogP contribution >= 0.6 is 27.5 Å². The van der Waals surface area contributed by atoms with Crippen molar-refractivity contribution in [3.8, 4) is 5.69 Å². The Morgan fingerprint density at radius 3 is 2.79 bits per heavy atom. The Balaban J connectivity index is 1.53. The first-order valence-corrected chi connectivity index (χ1v) is 9.75. The van der Waals surface area contributed by atoms with Crippen LogP contribution in [-0.2, 0) is 4.79 Å². The van der Waals surface area contributed by atoms with E-state index >= 15 is 0 Å². The maximum absolute atomic E-state index is 12.3. The number of anilines is 1. The zero-order chi connectivity index (χ0) is 20.1. The third-order valence-electron chi connectivity index (χ3n) is 4.06. The number of nitrogens with one attached hydrogen (secondary N) is 2. The van der Waals surface area contributed by atoms with Crippen molar-refractivity contribution in [3.05, 3.63) is 75.5 Å². The van der Waals surface area contributed by atoms with E-state index in [9.17, 15) is 9.59 Å². The molecule has 0 saturated carbocycles. The van der Waals surface area contributed by atoms with E-state index in [4.69, 9.17) is 11.6 Å². The van der Waals surface area contributed by atoms with Crippen LogP contribution in [0.2, 0.25) is 5.02 Å². The molecule has 1 heterocycles. The Labute approximate surface area is 176 Å². The van der Waals surface area contributed by atoms with Crippen molar-refractivity contribution in [1.82, 2.24) is 15.1 Å². The number of amides is 2. The number of hydrogen-bond acceptors (Lipinski definition) is 3. The van der Waals surface area contributed by atoms with Gasteiger partial charge in [0.05, 0.1) is 22.5 Å². The number of hydrogen-bond donors (Lipinski definition) is 2. The molecule has 2 amide bonds. The number of halogens is 2. The van der Waals surface area contributed by atoms with Crippen LogP contribution in [0.15, 0.2) is 59.3 Å². The van der Waals surface area contributed by atoms with Crippen LogP contribution in [0.4, 0.5) is 5.69 Å². The number of nitrogens with zero attached hydrogens (tertiary/aromatic N) is 2. The van der Waals surface area contributed by atoms with Crippen LogP contribution in [0, 0.1) is 6.92 Å². The normalized spacial score (nSPS) is 10.5. The van der Waals surface area contributed by atoms with Gasteiger partial charge in [0.25, 0.3) is 5.91 Å². The largest absolute Gasteiger partial charge is 0.351 e. The second kappa shape index (κ2) is 9.03. The minimum atomic E-state index is -0.301. The summed E-state index contributed by atoms with van der Waals surface area (Å²) in [6.45, 7) is 2.13. The van der Waals surface area contributed by atoms with Crippen LogP contribution in [0.5, 0.6) is 0 Å². The van der Waals surface area contributed by atoms with Gasteiger partial charge in [-0.2, -0.15) is 5.10 Å². The molecule has 8 heteroatoms. The third kappa shape index (κ3) is 4.99. The fraction of sp³-hybridized carbons (Fsp3) is 0.150. The second-order valence-electron chi connectivity index (χ2n) is 6.14. The van der Waals surface area contributed by atoms with E-state index in [1.165, 1.54) is 6.20 Å². The lowest BCUT2D eigenvalue weighted by Gasteiger charge is -2.09. The van der Waals surface area contributed by atoms with E-state index in [2.05, 4.69) is 31.7 Å². The lowest BCUT2D eigenvalue weighted by molar-refractivity contribution is -0.116. The van der Waals surface area contributed by atoms with Gasteiger partial charge in [-0.1, -0.05) is 45.7 Å². The Morgan fingerprint density at radius 1 is 1.21 bits per heavy atom. The molecule has 0 aliphatic heterocycles. The van der Waals surface area contributed by atoms with Crippen molar-refractivity contribution in [2.45, 2.75) is 13.3 Å². The molecule has 3 rings (SSSR count). The highest BCUT2D eigenvalue weighted by Gasteiger charge is 2.12. The monoisotopic (exact) mass is 460 g/mol. The van der Waals surface area contributed by atoms with Crippen LogP contribution in [0.3, 0.4) is 0 Å². The molecule has 0 aliphatic rings. The van der Waals surface area contributed by atoms with E-state index in [-0.39, 0.29) is 24.8 Å². The first-order chi connectivity index (χ1) is 13.4. The fourth-order valence-corrected chi connectivity index (χ4v) is 3.13. The molecule has 0 saturated heterocycles. The highest BCUT2D eigenvalue weighted by Crippen LogP contribution is 2.21. The lowest BCUT2D eigenvalue weighted by atomic mass is 10.2. The smallest absolute Gasteiger partial charge is 0.254 e. The van der Waals surface area contributed by atoms with E-state index in [1.807, 2.05) is 43.3 Å². The van der Waals surface area contributed by atoms with Crippen LogP contribution in [0.1, 0.15) is 22.3 Å². The Hall–Kier alpha value is -2.64. The van der Waals surface area contributed by atoms with Crippen LogP contribution in [0.25, 0.3) is 5.69 Å². The Kier molecular flexibility index (Phi) is 6.49. The molecular weight excluding hydrogens is 444 g/mol. The fourth-order valence-electron chi connectivity index (χ4n) is 2.54. The first-order valence-electron chi connectivity index (χ1n) is 8.58. The zero-order valence-electron chi connectivity index (χ0n) is 15.1. The Bertz CT molecular complexity index is 1020. The molecule has 0 spiro atoms. The summed E-state index contributed by atoms with van der Waals surface area (Å²) in [5, 5.41) is 10.3. The maximum Gasteiger partial charge on any atom is 0.254 e. The molecule has 0 radical (unpaired) electrons. The van der Waals surface area contributed by atoms with Gasteiger partial charge in [-0.3, -0.25) is 9.59 Å². The van der Waals surface area contributed by atoms with Gasteiger partial charge in [0, 0.05) is 29.3 Å². The summed E-state index contributed by atoms with van der Waals surface area (Å²) in [4.78, 5) is 24.4. The molecule has 0 atom stereocenters. The Morgan fingerprint density at radius 2 is 2.00 bits per heavy atom. The maximum atomic E-state index is 12.3. The number of para-hydroxylation sites is 1. The number of carbonyl (C=O) groups excluding carboxylic acids is 2. The molecule has 0 aliphatic carbocycles. The molecule has 1 aromatic heterocycles. The average Bonchev–Trinajstić information content (AvgIpc) is 3.15. The SMILES string of the molecule is Cc1ccc(Br)cc1NC(=O)CCNC(=O)c1cnn(-c2ccccc2Cl)c1. The van der Waals surface area contributed by atoms with Crippen LogP contribution in [-0.4, -0.2) is 28.1 Å². The molecule has 28 heavy (non-hydrogen) atoms.